The number of primary amides is 1. The van der Waals surface area contributed by atoms with Gasteiger partial charge in [0.1, 0.15) is 0 Å². The van der Waals surface area contributed by atoms with Crippen LogP contribution in [-0.4, -0.2) is 21.3 Å². The molecule has 2 aromatic heterocycles. The van der Waals surface area contributed by atoms with E-state index in [2.05, 4.69) is 19.9 Å². The number of ether oxygens (including phenoxy) is 1. The molecule has 0 fully saturated rings. The Kier molecular flexibility index (Phi) is 3.13. The van der Waals surface area contributed by atoms with Crippen molar-refractivity contribution in [1.29, 1.82) is 0 Å². The molecule has 0 atom stereocenters. The summed E-state index contributed by atoms with van der Waals surface area (Å²) in [4.78, 5) is 14.2. The first-order valence-corrected chi connectivity index (χ1v) is 4.61. The number of aromatic nitrogens is 3. The van der Waals surface area contributed by atoms with Gasteiger partial charge in [0.05, 0.1) is 0 Å². The van der Waals surface area contributed by atoms with Gasteiger partial charge in [-0.25, -0.2) is 9.78 Å². The van der Waals surface area contributed by atoms with E-state index in [4.69, 9.17) is 10.2 Å². The van der Waals surface area contributed by atoms with E-state index in [1.54, 1.807) is 0 Å². The Morgan fingerprint density at radius 3 is 2.83 bits per heavy atom. The minimum atomic E-state index is -2.85. The normalized spacial score (nSPS) is 10.6. The summed E-state index contributed by atoms with van der Waals surface area (Å²) in [5.41, 5.74) is 5.08. The maximum atomic E-state index is 12.3. The number of carbonyl (C=O) groups excluding carboxylic acids is 1. The Labute approximate surface area is 98.6 Å². The lowest BCUT2D eigenvalue weighted by Gasteiger charge is -2.00. The molecule has 0 unspecified atom stereocenters. The van der Waals surface area contributed by atoms with Crippen molar-refractivity contribution in [2.75, 3.05) is 0 Å². The summed E-state index contributed by atoms with van der Waals surface area (Å²) in [5, 5.41) is 6.59. The van der Waals surface area contributed by atoms with Gasteiger partial charge in [-0.2, -0.15) is 8.78 Å². The van der Waals surface area contributed by atoms with Crippen molar-refractivity contribution in [1.82, 2.24) is 15.2 Å². The number of pyridine rings is 1. The van der Waals surface area contributed by atoms with Crippen molar-refractivity contribution < 1.29 is 22.7 Å². The third kappa shape index (κ3) is 2.56. The predicted molar refractivity (Wildman–Crippen MR) is 52.7 cm³/mol. The van der Waals surface area contributed by atoms with Crippen LogP contribution in [0.2, 0.25) is 0 Å². The van der Waals surface area contributed by atoms with Crippen LogP contribution in [0.4, 0.5) is 13.6 Å². The van der Waals surface area contributed by atoms with Crippen LogP contribution in [-0.2, 0) is 0 Å². The van der Waals surface area contributed by atoms with Crippen molar-refractivity contribution in [2.45, 2.75) is 6.43 Å². The smallest absolute Gasteiger partial charge is 0.411 e. The highest BCUT2D eigenvalue weighted by Gasteiger charge is 2.17. The van der Waals surface area contributed by atoms with Crippen LogP contribution in [0.5, 0.6) is 5.88 Å². The summed E-state index contributed by atoms with van der Waals surface area (Å²) in [6.07, 6.45) is -2.62. The summed E-state index contributed by atoms with van der Waals surface area (Å²) in [6.45, 7) is 0. The van der Waals surface area contributed by atoms with Gasteiger partial charge in [0.15, 0.2) is 0 Å². The van der Waals surface area contributed by atoms with Crippen molar-refractivity contribution in [2.24, 2.45) is 5.73 Å². The van der Waals surface area contributed by atoms with Gasteiger partial charge in [0.25, 0.3) is 5.89 Å². The monoisotopic (exact) mass is 256 g/mol. The third-order valence-electron chi connectivity index (χ3n) is 1.81. The molecule has 2 aromatic rings. The van der Waals surface area contributed by atoms with Crippen LogP contribution in [0, 0.1) is 0 Å². The fraction of sp³-hybridized carbons (Fsp3) is 0.111. The Hall–Kier alpha value is -2.58. The number of hydrogen-bond donors (Lipinski definition) is 1. The summed E-state index contributed by atoms with van der Waals surface area (Å²) in [5.74, 6) is -1.03. The number of halogens is 2. The van der Waals surface area contributed by atoms with Gasteiger partial charge in [-0.1, -0.05) is 0 Å². The highest BCUT2D eigenvalue weighted by Crippen LogP contribution is 2.24. The van der Waals surface area contributed by atoms with Gasteiger partial charge in [-0.3, -0.25) is 0 Å². The zero-order valence-corrected chi connectivity index (χ0v) is 8.71. The predicted octanol–water partition coefficient (Wildman–Crippen LogP) is 1.53. The van der Waals surface area contributed by atoms with Crippen molar-refractivity contribution in [3.8, 4) is 17.3 Å². The van der Waals surface area contributed by atoms with Crippen LogP contribution < -0.4 is 10.5 Å². The molecule has 0 saturated carbocycles. The minimum absolute atomic E-state index is 0.100. The molecular weight excluding hydrogens is 250 g/mol. The molecule has 0 aliphatic rings. The molecule has 94 valence electrons. The lowest BCUT2D eigenvalue weighted by Crippen LogP contribution is -2.16. The summed E-state index contributed by atoms with van der Waals surface area (Å²) in [6, 6.07) is 2.68. The van der Waals surface area contributed by atoms with Crippen LogP contribution in [0.15, 0.2) is 22.7 Å². The van der Waals surface area contributed by atoms with Gasteiger partial charge in [0, 0.05) is 17.8 Å². The average molecular weight is 256 g/mol. The van der Waals surface area contributed by atoms with Gasteiger partial charge >= 0.3 is 12.5 Å². The quantitative estimate of drug-likeness (QED) is 0.892. The maximum absolute atomic E-state index is 12.3. The Morgan fingerprint density at radius 2 is 2.22 bits per heavy atom. The van der Waals surface area contributed by atoms with Crippen LogP contribution in [0.1, 0.15) is 12.3 Å². The first-order valence-electron chi connectivity index (χ1n) is 4.61. The first-order chi connectivity index (χ1) is 8.56. The van der Waals surface area contributed by atoms with Crippen molar-refractivity contribution >= 4 is 6.09 Å². The third-order valence-corrected chi connectivity index (χ3v) is 1.81. The second-order valence-corrected chi connectivity index (χ2v) is 3.05. The molecule has 0 saturated heterocycles. The Morgan fingerprint density at radius 1 is 1.44 bits per heavy atom. The lowest BCUT2D eigenvalue weighted by molar-refractivity contribution is 0.116. The fourth-order valence-corrected chi connectivity index (χ4v) is 1.14. The maximum Gasteiger partial charge on any atom is 0.411 e. The summed E-state index contributed by atoms with van der Waals surface area (Å²) < 4.78 is 33.7. The molecule has 0 spiro atoms. The van der Waals surface area contributed by atoms with Gasteiger partial charge in [0.2, 0.25) is 11.8 Å². The van der Waals surface area contributed by atoms with Gasteiger partial charge in [-0.15, -0.1) is 10.2 Å². The molecule has 9 heteroatoms. The van der Waals surface area contributed by atoms with Crippen molar-refractivity contribution in [3.63, 3.8) is 0 Å². The van der Waals surface area contributed by atoms with Crippen LogP contribution >= 0.6 is 0 Å². The lowest BCUT2D eigenvalue weighted by atomic mass is 10.3. The molecule has 18 heavy (non-hydrogen) atoms. The molecule has 0 aromatic carbocycles. The number of nitrogens with two attached hydrogens (primary N) is 1. The van der Waals surface area contributed by atoms with E-state index < -0.39 is 18.4 Å². The van der Waals surface area contributed by atoms with E-state index in [1.165, 1.54) is 18.3 Å². The number of rotatable bonds is 3. The standard InChI is InChI=1S/C9H6F2N4O3/c10-6(11)8-15-14-7(18-8)4-1-2-13-5(3-4)17-9(12)16/h1-3,6H,(H2,12,16). The number of alkyl halides is 2. The van der Waals surface area contributed by atoms with Gasteiger partial charge < -0.3 is 14.9 Å². The highest BCUT2D eigenvalue weighted by molar-refractivity contribution is 5.68. The van der Waals surface area contributed by atoms with Gasteiger partial charge in [-0.05, 0) is 6.07 Å². The molecular formula is C9H6F2N4O3. The number of carbonyl (C=O) groups is 1. The van der Waals surface area contributed by atoms with Crippen LogP contribution in [0.3, 0.4) is 0 Å². The SMILES string of the molecule is NC(=O)Oc1cc(-c2nnc(C(F)F)o2)ccn1. The summed E-state index contributed by atoms with van der Waals surface area (Å²) >= 11 is 0. The van der Waals surface area contributed by atoms with E-state index in [0.717, 1.165) is 0 Å². The number of nitrogens with zero attached hydrogens (tertiary/aromatic N) is 3. The topological polar surface area (TPSA) is 104 Å². The Balaban J connectivity index is 2.29. The molecule has 2 heterocycles. The van der Waals surface area contributed by atoms with Crippen LogP contribution in [0.25, 0.3) is 11.5 Å². The van der Waals surface area contributed by atoms with E-state index >= 15 is 0 Å². The molecule has 2 rings (SSSR count). The largest absolute Gasteiger partial charge is 0.415 e. The zero-order valence-electron chi connectivity index (χ0n) is 8.71. The van der Waals surface area contributed by atoms with E-state index in [-0.39, 0.29) is 17.3 Å². The molecule has 0 aliphatic carbocycles. The van der Waals surface area contributed by atoms with E-state index in [9.17, 15) is 13.6 Å². The average Bonchev–Trinajstić information content (AvgIpc) is 2.77. The second-order valence-electron chi connectivity index (χ2n) is 3.05. The second kappa shape index (κ2) is 4.73. The number of amides is 1. The Bertz CT molecular complexity index is 572. The molecule has 0 bridgehead atoms. The molecule has 1 amide bonds. The summed E-state index contributed by atoms with van der Waals surface area (Å²) in [7, 11) is 0. The highest BCUT2D eigenvalue weighted by atomic mass is 19.3. The van der Waals surface area contributed by atoms with E-state index in [1.807, 2.05) is 0 Å². The first kappa shape index (κ1) is 11.9. The molecule has 0 aliphatic heterocycles. The van der Waals surface area contributed by atoms with Crippen molar-refractivity contribution in [3.05, 3.63) is 24.2 Å². The van der Waals surface area contributed by atoms with E-state index in [0.29, 0.717) is 0 Å². The molecule has 0 radical (unpaired) electrons. The molecule has 7 nitrogen and oxygen atoms in total. The minimum Gasteiger partial charge on any atom is -0.415 e. The fourth-order valence-electron chi connectivity index (χ4n) is 1.14. The zero-order chi connectivity index (χ0) is 13.1. The molecule has 2 N–H and O–H groups in total. The number of hydrogen-bond acceptors (Lipinski definition) is 6.